The summed E-state index contributed by atoms with van der Waals surface area (Å²) >= 11 is 0. The van der Waals surface area contributed by atoms with Crippen molar-refractivity contribution < 1.29 is 13.2 Å². The molecule has 0 atom stereocenters. The molecule has 9 nitrogen and oxygen atoms in total. The van der Waals surface area contributed by atoms with Gasteiger partial charge >= 0.3 is 0 Å². The van der Waals surface area contributed by atoms with E-state index < -0.39 is 10.0 Å². The summed E-state index contributed by atoms with van der Waals surface area (Å²) in [7, 11) is -3.60. The fourth-order valence-corrected chi connectivity index (χ4v) is 4.25. The second kappa shape index (κ2) is 6.36. The molecule has 24 heavy (non-hydrogen) atoms. The molecule has 130 valence electrons. The van der Waals surface area contributed by atoms with Crippen molar-refractivity contribution in [3.05, 3.63) is 29.5 Å². The average Bonchev–Trinajstić information content (AvgIpc) is 3.11. The molecule has 3 heterocycles. The van der Waals surface area contributed by atoms with Gasteiger partial charge in [-0.15, -0.1) is 0 Å². The Bertz CT molecular complexity index is 807. The molecule has 2 N–H and O–H groups in total. The van der Waals surface area contributed by atoms with Gasteiger partial charge in [0.25, 0.3) is 15.9 Å². The number of aromatic nitrogens is 4. The Kier molecular flexibility index (Phi) is 4.41. The monoisotopic (exact) mass is 352 g/mol. The number of rotatable bonds is 3. The van der Waals surface area contributed by atoms with Crippen LogP contribution in [0.25, 0.3) is 0 Å². The number of carbonyl (C=O) groups excluding carboxylic acids is 1. The molecule has 0 spiro atoms. The Hall–Kier alpha value is -2.20. The lowest BCUT2D eigenvalue weighted by Gasteiger charge is -2.21. The van der Waals surface area contributed by atoms with Crippen molar-refractivity contribution >= 4 is 15.9 Å². The van der Waals surface area contributed by atoms with Gasteiger partial charge in [0.15, 0.2) is 5.03 Å². The number of carbonyl (C=O) groups is 1. The molecule has 3 rings (SSSR count). The third-order valence-electron chi connectivity index (χ3n) is 4.18. The molecule has 1 amide bonds. The van der Waals surface area contributed by atoms with E-state index in [-0.39, 0.29) is 17.5 Å². The van der Waals surface area contributed by atoms with Crippen molar-refractivity contribution in [3.63, 3.8) is 0 Å². The predicted molar refractivity (Wildman–Crippen MR) is 85.9 cm³/mol. The van der Waals surface area contributed by atoms with Crippen molar-refractivity contribution in [1.29, 1.82) is 0 Å². The molecule has 0 saturated carbocycles. The topological polar surface area (TPSA) is 115 Å². The summed E-state index contributed by atoms with van der Waals surface area (Å²) in [5, 5.41) is 6.94. The van der Waals surface area contributed by atoms with Gasteiger partial charge in [0.05, 0.1) is 23.8 Å². The number of aryl methyl sites for hydroxylation is 2. The number of hydrogen-bond acceptors (Lipinski definition) is 5. The van der Waals surface area contributed by atoms with E-state index in [1.54, 1.807) is 18.7 Å². The Morgan fingerprint density at radius 3 is 2.62 bits per heavy atom. The lowest BCUT2D eigenvalue weighted by molar-refractivity contribution is 0.0763. The molecule has 1 fully saturated rings. The van der Waals surface area contributed by atoms with Crippen LogP contribution in [0, 0.1) is 13.8 Å². The molecule has 1 aliphatic rings. The highest BCUT2D eigenvalue weighted by Gasteiger charge is 2.30. The zero-order valence-electron chi connectivity index (χ0n) is 13.6. The zero-order chi connectivity index (χ0) is 17.3. The number of aromatic amines is 2. The first-order valence-corrected chi connectivity index (χ1v) is 9.14. The maximum Gasteiger partial charge on any atom is 0.260 e. The number of nitrogens with one attached hydrogen (secondary N) is 2. The molecule has 10 heteroatoms. The molecule has 0 aromatic carbocycles. The maximum atomic E-state index is 12.7. The van der Waals surface area contributed by atoms with E-state index in [1.165, 1.54) is 16.8 Å². The van der Waals surface area contributed by atoms with Crippen LogP contribution in [0.3, 0.4) is 0 Å². The van der Waals surface area contributed by atoms with Gasteiger partial charge in [0, 0.05) is 31.9 Å². The minimum atomic E-state index is -3.60. The smallest absolute Gasteiger partial charge is 0.260 e. The minimum absolute atomic E-state index is 0.0730. The quantitative estimate of drug-likeness (QED) is 0.824. The van der Waals surface area contributed by atoms with E-state index in [0.29, 0.717) is 37.3 Å². The molecule has 1 saturated heterocycles. The molecule has 2 aromatic heterocycles. The molecule has 0 bridgehead atoms. The highest BCUT2D eigenvalue weighted by Crippen LogP contribution is 2.18. The van der Waals surface area contributed by atoms with Gasteiger partial charge in [-0.3, -0.25) is 9.89 Å². The third kappa shape index (κ3) is 2.94. The van der Waals surface area contributed by atoms with Crippen LogP contribution < -0.4 is 0 Å². The molecule has 1 aliphatic heterocycles. The van der Waals surface area contributed by atoms with Crippen LogP contribution in [0.5, 0.6) is 0 Å². The van der Waals surface area contributed by atoms with Crippen LogP contribution in [0.15, 0.2) is 17.6 Å². The normalized spacial score (nSPS) is 17.0. The summed E-state index contributed by atoms with van der Waals surface area (Å²) in [5.41, 5.74) is 1.95. The first-order chi connectivity index (χ1) is 11.4. The summed E-state index contributed by atoms with van der Waals surface area (Å²) < 4.78 is 26.5. The van der Waals surface area contributed by atoms with Gasteiger partial charge in [-0.2, -0.15) is 9.40 Å². The van der Waals surface area contributed by atoms with Crippen LogP contribution in [0.1, 0.15) is 28.2 Å². The van der Waals surface area contributed by atoms with E-state index in [9.17, 15) is 13.2 Å². The molecular weight excluding hydrogens is 332 g/mol. The van der Waals surface area contributed by atoms with Gasteiger partial charge in [0.1, 0.15) is 0 Å². The van der Waals surface area contributed by atoms with E-state index in [4.69, 9.17) is 0 Å². The van der Waals surface area contributed by atoms with Crippen molar-refractivity contribution in [1.82, 2.24) is 29.4 Å². The number of nitrogens with zero attached hydrogens (tertiary/aromatic N) is 4. The summed E-state index contributed by atoms with van der Waals surface area (Å²) in [4.78, 5) is 20.8. The van der Waals surface area contributed by atoms with Crippen LogP contribution >= 0.6 is 0 Å². The van der Waals surface area contributed by atoms with Crippen molar-refractivity contribution in [2.75, 3.05) is 26.2 Å². The second-order valence-corrected chi connectivity index (χ2v) is 7.68. The van der Waals surface area contributed by atoms with Gasteiger partial charge < -0.3 is 9.88 Å². The van der Waals surface area contributed by atoms with E-state index in [2.05, 4.69) is 20.2 Å². The van der Waals surface area contributed by atoms with Crippen LogP contribution in [-0.4, -0.2) is 69.9 Å². The largest absolute Gasteiger partial charge is 0.337 e. The van der Waals surface area contributed by atoms with Crippen molar-refractivity contribution in [3.8, 4) is 0 Å². The Labute approximate surface area is 140 Å². The molecule has 0 radical (unpaired) electrons. The van der Waals surface area contributed by atoms with Gasteiger partial charge in [-0.25, -0.2) is 13.4 Å². The number of hydrogen-bond donors (Lipinski definition) is 2. The lowest BCUT2D eigenvalue weighted by atomic mass is 10.1. The highest BCUT2D eigenvalue weighted by molar-refractivity contribution is 7.89. The van der Waals surface area contributed by atoms with Gasteiger partial charge in [-0.1, -0.05) is 0 Å². The first-order valence-electron chi connectivity index (χ1n) is 7.70. The SMILES string of the molecule is Cc1n[nH]c(C)c1C(=O)N1CCCN(S(=O)(=O)c2cnc[nH]2)CC1. The number of imidazole rings is 1. The standard InChI is InChI=1S/C14H20N6O3S/c1-10-13(11(2)18-17-10)14(21)19-4-3-5-20(7-6-19)24(22,23)12-8-15-9-16-12/h8-9H,3-7H2,1-2H3,(H,15,16)(H,17,18). The van der Waals surface area contributed by atoms with Crippen LogP contribution in [-0.2, 0) is 10.0 Å². The molecule has 0 aliphatic carbocycles. The summed E-state index contributed by atoms with van der Waals surface area (Å²) in [5.74, 6) is -0.112. The lowest BCUT2D eigenvalue weighted by Crippen LogP contribution is -2.37. The van der Waals surface area contributed by atoms with E-state index in [1.807, 2.05) is 0 Å². The summed E-state index contributed by atoms with van der Waals surface area (Å²) in [6, 6.07) is 0. The molecular formula is C14H20N6O3S. The number of H-pyrrole nitrogens is 2. The van der Waals surface area contributed by atoms with Crippen molar-refractivity contribution in [2.24, 2.45) is 0 Å². The summed E-state index contributed by atoms with van der Waals surface area (Å²) in [6.45, 7) is 5.06. The van der Waals surface area contributed by atoms with Gasteiger partial charge in [0.2, 0.25) is 0 Å². The fourth-order valence-electron chi connectivity index (χ4n) is 2.88. The average molecular weight is 352 g/mol. The first kappa shape index (κ1) is 16.7. The Morgan fingerprint density at radius 1 is 1.21 bits per heavy atom. The number of sulfonamides is 1. The zero-order valence-corrected chi connectivity index (χ0v) is 14.4. The highest BCUT2D eigenvalue weighted by atomic mass is 32.2. The Balaban J connectivity index is 1.75. The van der Waals surface area contributed by atoms with Gasteiger partial charge in [-0.05, 0) is 20.3 Å². The van der Waals surface area contributed by atoms with E-state index >= 15 is 0 Å². The van der Waals surface area contributed by atoms with Crippen molar-refractivity contribution in [2.45, 2.75) is 25.3 Å². The van der Waals surface area contributed by atoms with Crippen LogP contribution in [0.2, 0.25) is 0 Å². The van der Waals surface area contributed by atoms with E-state index in [0.717, 1.165) is 5.69 Å². The van der Waals surface area contributed by atoms with Crippen LogP contribution in [0.4, 0.5) is 0 Å². The Morgan fingerprint density at radius 2 is 2.00 bits per heavy atom. The fraction of sp³-hybridized carbons (Fsp3) is 0.500. The summed E-state index contributed by atoms with van der Waals surface area (Å²) in [6.07, 6.45) is 3.21. The minimum Gasteiger partial charge on any atom is -0.337 e. The maximum absolute atomic E-state index is 12.7. The molecule has 0 unspecified atom stereocenters. The molecule has 2 aromatic rings. The second-order valence-electron chi connectivity index (χ2n) is 5.77. The predicted octanol–water partition coefficient (Wildman–Crippen LogP) is 0.286. The number of amides is 1. The third-order valence-corrected chi connectivity index (χ3v) is 6.00.